The molecule has 0 N–H and O–H groups in total. The topological polar surface area (TPSA) is 25.8 Å². The van der Waals surface area contributed by atoms with Crippen molar-refractivity contribution in [1.29, 1.82) is 0 Å². The Kier molecular flexibility index (Phi) is 3.32. The first-order chi connectivity index (χ1) is 9.45. The van der Waals surface area contributed by atoms with E-state index in [1.807, 2.05) is 24.5 Å². The Bertz CT molecular complexity index is 527. The predicted molar refractivity (Wildman–Crippen MR) is 75.9 cm³/mol. The van der Waals surface area contributed by atoms with Gasteiger partial charge in [-0.05, 0) is 11.1 Å². The minimum Gasteiger partial charge on any atom is -0.245 e. The van der Waals surface area contributed by atoms with Gasteiger partial charge in [-0.3, -0.25) is 0 Å². The molecule has 0 aliphatic carbocycles. The lowest BCUT2D eigenvalue weighted by molar-refractivity contribution is 0.940. The van der Waals surface area contributed by atoms with Crippen molar-refractivity contribution in [2.75, 3.05) is 0 Å². The lowest BCUT2D eigenvalue weighted by atomic mass is 9.87. The van der Waals surface area contributed by atoms with Gasteiger partial charge < -0.3 is 0 Å². The van der Waals surface area contributed by atoms with E-state index >= 15 is 0 Å². The lowest BCUT2D eigenvalue weighted by Gasteiger charge is -2.17. The summed E-state index contributed by atoms with van der Waals surface area (Å²) in [5.74, 6) is 0.184. The monoisotopic (exact) mass is 246 g/mol. The molecule has 2 aromatic carbocycles. The zero-order valence-electron chi connectivity index (χ0n) is 10.5. The van der Waals surface area contributed by atoms with E-state index in [1.54, 1.807) is 6.33 Å². The molecule has 0 spiro atoms. The van der Waals surface area contributed by atoms with Gasteiger partial charge in [0.15, 0.2) is 0 Å². The van der Waals surface area contributed by atoms with Crippen LogP contribution in [-0.2, 0) is 0 Å². The second-order valence-electron chi connectivity index (χ2n) is 4.43. The summed E-state index contributed by atoms with van der Waals surface area (Å²) in [6.45, 7) is 0. The van der Waals surface area contributed by atoms with Crippen molar-refractivity contribution in [2.45, 2.75) is 5.92 Å². The Hall–Kier alpha value is -2.48. The Balaban J connectivity index is 2.12. The second kappa shape index (κ2) is 5.44. The minimum absolute atomic E-state index is 0.184. The molecule has 0 fully saturated rings. The van der Waals surface area contributed by atoms with Crippen LogP contribution in [0.15, 0.2) is 79.4 Å². The summed E-state index contributed by atoms with van der Waals surface area (Å²) in [6, 6.07) is 20.9. The molecule has 92 valence electrons. The largest absolute Gasteiger partial charge is 0.245 e. The molecule has 0 bridgehead atoms. The van der Waals surface area contributed by atoms with Crippen LogP contribution in [0.2, 0.25) is 0 Å². The predicted octanol–water partition coefficient (Wildman–Crippen LogP) is 3.66. The molecule has 0 aliphatic heterocycles. The SMILES string of the molecule is c1ccc(C(c2ccccc2)c2cncnc2)cc1. The van der Waals surface area contributed by atoms with E-state index in [2.05, 4.69) is 58.5 Å². The summed E-state index contributed by atoms with van der Waals surface area (Å²) in [6.07, 6.45) is 5.34. The van der Waals surface area contributed by atoms with E-state index in [0.29, 0.717) is 0 Å². The molecule has 0 atom stereocenters. The molecular weight excluding hydrogens is 232 g/mol. The molecular formula is C17H14N2. The van der Waals surface area contributed by atoms with Gasteiger partial charge in [-0.2, -0.15) is 0 Å². The number of nitrogens with zero attached hydrogens (tertiary/aromatic N) is 2. The van der Waals surface area contributed by atoms with Gasteiger partial charge in [0.05, 0.1) is 0 Å². The maximum Gasteiger partial charge on any atom is 0.115 e. The number of rotatable bonds is 3. The van der Waals surface area contributed by atoms with Gasteiger partial charge in [0.25, 0.3) is 0 Å². The average molecular weight is 246 g/mol. The van der Waals surface area contributed by atoms with E-state index in [-0.39, 0.29) is 5.92 Å². The van der Waals surface area contributed by atoms with Crippen molar-refractivity contribution < 1.29 is 0 Å². The molecule has 0 aliphatic rings. The van der Waals surface area contributed by atoms with Gasteiger partial charge in [0.2, 0.25) is 0 Å². The van der Waals surface area contributed by atoms with Crippen molar-refractivity contribution >= 4 is 0 Å². The third-order valence-electron chi connectivity index (χ3n) is 3.18. The van der Waals surface area contributed by atoms with Crippen molar-refractivity contribution in [1.82, 2.24) is 9.97 Å². The molecule has 0 amide bonds. The van der Waals surface area contributed by atoms with E-state index in [4.69, 9.17) is 0 Å². The second-order valence-corrected chi connectivity index (χ2v) is 4.43. The van der Waals surface area contributed by atoms with Crippen LogP contribution < -0.4 is 0 Å². The molecule has 3 rings (SSSR count). The van der Waals surface area contributed by atoms with Crippen LogP contribution in [0.4, 0.5) is 0 Å². The summed E-state index contributed by atoms with van der Waals surface area (Å²) in [7, 11) is 0. The highest BCUT2D eigenvalue weighted by Crippen LogP contribution is 2.30. The standard InChI is InChI=1S/C17H14N2/c1-3-7-14(8-4-1)17(15-9-5-2-6-10-15)16-11-18-13-19-12-16/h1-13,17H. The summed E-state index contributed by atoms with van der Waals surface area (Å²) in [4.78, 5) is 8.29. The Morgan fingerprint density at radius 1 is 0.579 bits per heavy atom. The van der Waals surface area contributed by atoms with E-state index in [1.165, 1.54) is 11.1 Å². The van der Waals surface area contributed by atoms with Gasteiger partial charge in [0.1, 0.15) is 6.33 Å². The van der Waals surface area contributed by atoms with Gasteiger partial charge in [-0.1, -0.05) is 60.7 Å². The molecule has 0 unspecified atom stereocenters. The fourth-order valence-electron chi connectivity index (χ4n) is 2.33. The van der Waals surface area contributed by atoms with Gasteiger partial charge in [-0.15, -0.1) is 0 Å². The Morgan fingerprint density at radius 3 is 1.53 bits per heavy atom. The van der Waals surface area contributed by atoms with Crippen molar-refractivity contribution in [3.05, 3.63) is 96.1 Å². The highest BCUT2D eigenvalue weighted by atomic mass is 14.8. The molecule has 2 nitrogen and oxygen atoms in total. The van der Waals surface area contributed by atoms with Crippen LogP contribution in [0.1, 0.15) is 22.6 Å². The molecule has 2 heteroatoms. The first-order valence-electron chi connectivity index (χ1n) is 6.30. The van der Waals surface area contributed by atoms with Gasteiger partial charge in [-0.25, -0.2) is 9.97 Å². The van der Waals surface area contributed by atoms with Crippen LogP contribution >= 0.6 is 0 Å². The molecule has 1 aromatic heterocycles. The van der Waals surface area contributed by atoms with Gasteiger partial charge >= 0.3 is 0 Å². The third-order valence-corrected chi connectivity index (χ3v) is 3.18. The molecule has 0 saturated carbocycles. The molecule has 3 aromatic rings. The quantitative estimate of drug-likeness (QED) is 0.705. The number of hydrogen-bond donors (Lipinski definition) is 0. The maximum atomic E-state index is 4.15. The molecule has 1 heterocycles. The summed E-state index contributed by atoms with van der Waals surface area (Å²) < 4.78 is 0. The van der Waals surface area contributed by atoms with E-state index in [9.17, 15) is 0 Å². The van der Waals surface area contributed by atoms with Crippen LogP contribution in [0.25, 0.3) is 0 Å². The highest BCUT2D eigenvalue weighted by molar-refractivity contribution is 5.41. The molecule has 0 radical (unpaired) electrons. The Morgan fingerprint density at radius 2 is 1.05 bits per heavy atom. The number of hydrogen-bond acceptors (Lipinski definition) is 2. The normalized spacial score (nSPS) is 10.6. The number of benzene rings is 2. The van der Waals surface area contributed by atoms with E-state index in [0.717, 1.165) is 5.56 Å². The van der Waals surface area contributed by atoms with Crippen molar-refractivity contribution in [2.24, 2.45) is 0 Å². The summed E-state index contributed by atoms with van der Waals surface area (Å²) >= 11 is 0. The number of aromatic nitrogens is 2. The van der Waals surface area contributed by atoms with Crippen LogP contribution in [0.5, 0.6) is 0 Å². The lowest BCUT2D eigenvalue weighted by Crippen LogP contribution is -2.04. The van der Waals surface area contributed by atoms with E-state index < -0.39 is 0 Å². The van der Waals surface area contributed by atoms with Gasteiger partial charge in [0, 0.05) is 23.9 Å². The third kappa shape index (κ3) is 2.52. The minimum atomic E-state index is 0.184. The Labute approximate surface area is 112 Å². The van der Waals surface area contributed by atoms with Crippen molar-refractivity contribution in [3.8, 4) is 0 Å². The maximum absolute atomic E-state index is 4.15. The molecule has 19 heavy (non-hydrogen) atoms. The smallest absolute Gasteiger partial charge is 0.115 e. The van der Waals surface area contributed by atoms with Crippen LogP contribution in [0.3, 0.4) is 0 Å². The van der Waals surface area contributed by atoms with Crippen LogP contribution in [0, 0.1) is 0 Å². The first-order valence-corrected chi connectivity index (χ1v) is 6.30. The average Bonchev–Trinajstić information content (AvgIpc) is 2.51. The first kappa shape index (κ1) is 11.6. The fraction of sp³-hybridized carbons (Fsp3) is 0.0588. The summed E-state index contributed by atoms with van der Waals surface area (Å²) in [5.41, 5.74) is 3.62. The zero-order valence-corrected chi connectivity index (χ0v) is 10.5. The van der Waals surface area contributed by atoms with Crippen molar-refractivity contribution in [3.63, 3.8) is 0 Å². The fourth-order valence-corrected chi connectivity index (χ4v) is 2.33. The molecule has 0 saturated heterocycles. The highest BCUT2D eigenvalue weighted by Gasteiger charge is 2.16. The zero-order chi connectivity index (χ0) is 12.9. The summed E-state index contributed by atoms with van der Waals surface area (Å²) in [5, 5.41) is 0. The van der Waals surface area contributed by atoms with Crippen LogP contribution in [-0.4, -0.2) is 9.97 Å².